The molecule has 1 amide bonds. The van der Waals surface area contributed by atoms with Crippen molar-refractivity contribution in [3.63, 3.8) is 0 Å². The van der Waals surface area contributed by atoms with Crippen molar-refractivity contribution >= 4 is 5.91 Å². The predicted molar refractivity (Wildman–Crippen MR) is 67.3 cm³/mol. The van der Waals surface area contributed by atoms with Gasteiger partial charge in [-0.1, -0.05) is 33.6 Å². The largest absolute Gasteiger partial charge is 0.352 e. The van der Waals surface area contributed by atoms with E-state index in [1.807, 2.05) is 0 Å². The highest BCUT2D eigenvalue weighted by Crippen LogP contribution is 2.18. The fourth-order valence-electron chi connectivity index (χ4n) is 1.99. The summed E-state index contributed by atoms with van der Waals surface area (Å²) in [5.74, 6) is 0.152. The van der Waals surface area contributed by atoms with Crippen LogP contribution in [0.25, 0.3) is 0 Å². The molecule has 16 heavy (non-hydrogen) atoms. The van der Waals surface area contributed by atoms with Gasteiger partial charge in [-0.3, -0.25) is 4.79 Å². The maximum absolute atomic E-state index is 11.6. The van der Waals surface area contributed by atoms with Crippen LogP contribution in [0.1, 0.15) is 52.9 Å². The van der Waals surface area contributed by atoms with Crippen molar-refractivity contribution in [1.82, 2.24) is 10.6 Å². The molecule has 1 aliphatic rings. The van der Waals surface area contributed by atoms with Gasteiger partial charge in [-0.15, -0.1) is 0 Å². The SMILES string of the molecule is CCC(C)(C)CNCC(=O)NC1CCCC1. The van der Waals surface area contributed by atoms with Crippen molar-refractivity contribution in [3.05, 3.63) is 0 Å². The second kappa shape index (κ2) is 6.24. The minimum absolute atomic E-state index is 0.152. The number of nitrogens with one attached hydrogen (secondary N) is 2. The van der Waals surface area contributed by atoms with Crippen LogP contribution in [-0.2, 0) is 4.79 Å². The van der Waals surface area contributed by atoms with Crippen LogP contribution in [0.2, 0.25) is 0 Å². The van der Waals surface area contributed by atoms with Crippen LogP contribution in [0.3, 0.4) is 0 Å². The molecule has 3 nitrogen and oxygen atoms in total. The lowest BCUT2D eigenvalue weighted by Crippen LogP contribution is -2.41. The molecule has 2 N–H and O–H groups in total. The summed E-state index contributed by atoms with van der Waals surface area (Å²) >= 11 is 0. The lowest BCUT2D eigenvalue weighted by atomic mass is 9.90. The van der Waals surface area contributed by atoms with E-state index in [0.29, 0.717) is 12.6 Å². The Hall–Kier alpha value is -0.570. The van der Waals surface area contributed by atoms with Crippen LogP contribution >= 0.6 is 0 Å². The first kappa shape index (κ1) is 13.5. The van der Waals surface area contributed by atoms with Gasteiger partial charge in [0.15, 0.2) is 0 Å². The average Bonchev–Trinajstić information content (AvgIpc) is 2.70. The van der Waals surface area contributed by atoms with Gasteiger partial charge in [0, 0.05) is 12.6 Å². The third-order valence-electron chi connectivity index (χ3n) is 3.57. The van der Waals surface area contributed by atoms with Crippen molar-refractivity contribution in [3.8, 4) is 0 Å². The Morgan fingerprint density at radius 3 is 2.50 bits per heavy atom. The van der Waals surface area contributed by atoms with Gasteiger partial charge < -0.3 is 10.6 Å². The third kappa shape index (κ3) is 4.97. The zero-order valence-electron chi connectivity index (χ0n) is 10.9. The van der Waals surface area contributed by atoms with Gasteiger partial charge in [-0.25, -0.2) is 0 Å². The van der Waals surface area contributed by atoms with Gasteiger partial charge in [-0.2, -0.15) is 0 Å². The summed E-state index contributed by atoms with van der Waals surface area (Å²) in [6, 6.07) is 0.438. The molecule has 0 aromatic rings. The summed E-state index contributed by atoms with van der Waals surface area (Å²) < 4.78 is 0. The average molecular weight is 226 g/mol. The first-order chi connectivity index (χ1) is 7.53. The molecule has 1 fully saturated rings. The van der Waals surface area contributed by atoms with Gasteiger partial charge in [-0.05, 0) is 24.7 Å². The van der Waals surface area contributed by atoms with Crippen LogP contribution in [0.15, 0.2) is 0 Å². The number of carbonyl (C=O) groups excluding carboxylic acids is 1. The highest BCUT2D eigenvalue weighted by atomic mass is 16.1. The van der Waals surface area contributed by atoms with Crippen LogP contribution in [0, 0.1) is 5.41 Å². The molecule has 0 aromatic heterocycles. The second-order valence-electron chi connectivity index (χ2n) is 5.67. The van der Waals surface area contributed by atoms with E-state index in [9.17, 15) is 4.79 Å². The Bertz CT molecular complexity index is 220. The molecule has 3 heteroatoms. The van der Waals surface area contributed by atoms with Gasteiger partial charge >= 0.3 is 0 Å². The molecule has 0 atom stereocenters. The quantitative estimate of drug-likeness (QED) is 0.728. The van der Waals surface area contributed by atoms with Crippen LogP contribution in [0.4, 0.5) is 0 Å². The van der Waals surface area contributed by atoms with Crippen molar-refractivity contribution < 1.29 is 4.79 Å². The number of hydrogen-bond donors (Lipinski definition) is 2. The fraction of sp³-hybridized carbons (Fsp3) is 0.923. The topological polar surface area (TPSA) is 41.1 Å². The van der Waals surface area contributed by atoms with Crippen molar-refractivity contribution in [2.75, 3.05) is 13.1 Å². The van der Waals surface area contributed by atoms with Crippen molar-refractivity contribution in [2.45, 2.75) is 58.9 Å². The Labute approximate surface area is 99.4 Å². The summed E-state index contributed by atoms with van der Waals surface area (Å²) in [6.07, 6.45) is 5.98. The summed E-state index contributed by atoms with van der Waals surface area (Å²) in [5.41, 5.74) is 0.285. The van der Waals surface area contributed by atoms with Gasteiger partial charge in [0.25, 0.3) is 0 Å². The van der Waals surface area contributed by atoms with E-state index in [4.69, 9.17) is 0 Å². The molecule has 0 heterocycles. The Morgan fingerprint density at radius 1 is 1.31 bits per heavy atom. The Balaban J connectivity index is 2.10. The van der Waals surface area contributed by atoms with Gasteiger partial charge in [0.1, 0.15) is 0 Å². The van der Waals surface area contributed by atoms with E-state index in [-0.39, 0.29) is 11.3 Å². The predicted octanol–water partition coefficient (Wildman–Crippen LogP) is 2.07. The zero-order valence-corrected chi connectivity index (χ0v) is 10.9. The molecule has 0 spiro atoms. The molecule has 94 valence electrons. The molecule has 0 saturated heterocycles. The number of rotatable bonds is 6. The number of amides is 1. The molecule has 0 unspecified atom stereocenters. The molecule has 1 saturated carbocycles. The van der Waals surface area contributed by atoms with Crippen molar-refractivity contribution in [1.29, 1.82) is 0 Å². The van der Waals surface area contributed by atoms with E-state index < -0.39 is 0 Å². The smallest absolute Gasteiger partial charge is 0.234 e. The lowest BCUT2D eigenvalue weighted by molar-refractivity contribution is -0.120. The third-order valence-corrected chi connectivity index (χ3v) is 3.57. The van der Waals surface area contributed by atoms with Crippen LogP contribution < -0.4 is 10.6 Å². The fourth-order valence-corrected chi connectivity index (χ4v) is 1.99. The summed E-state index contributed by atoms with van der Waals surface area (Å²) in [4.78, 5) is 11.6. The maximum Gasteiger partial charge on any atom is 0.234 e. The van der Waals surface area contributed by atoms with E-state index in [1.54, 1.807) is 0 Å². The van der Waals surface area contributed by atoms with Crippen LogP contribution in [0.5, 0.6) is 0 Å². The minimum Gasteiger partial charge on any atom is -0.352 e. The van der Waals surface area contributed by atoms with Crippen LogP contribution in [-0.4, -0.2) is 25.0 Å². The second-order valence-corrected chi connectivity index (χ2v) is 5.67. The molecule has 0 aromatic carbocycles. The monoisotopic (exact) mass is 226 g/mol. The number of hydrogen-bond acceptors (Lipinski definition) is 2. The normalized spacial score (nSPS) is 17.7. The van der Waals surface area contributed by atoms with Gasteiger partial charge in [0.05, 0.1) is 6.54 Å². The van der Waals surface area contributed by atoms with Gasteiger partial charge in [0.2, 0.25) is 5.91 Å². The highest BCUT2D eigenvalue weighted by Gasteiger charge is 2.18. The molecular formula is C13H26N2O. The molecule has 1 rings (SSSR count). The Kier molecular flexibility index (Phi) is 5.26. The summed E-state index contributed by atoms with van der Waals surface area (Å²) in [7, 11) is 0. The first-order valence-electron chi connectivity index (χ1n) is 6.53. The number of carbonyl (C=O) groups is 1. The van der Waals surface area contributed by atoms with E-state index in [2.05, 4.69) is 31.4 Å². The molecule has 0 radical (unpaired) electrons. The summed E-state index contributed by atoms with van der Waals surface area (Å²) in [5, 5.41) is 6.32. The summed E-state index contributed by atoms with van der Waals surface area (Å²) in [6.45, 7) is 7.98. The van der Waals surface area contributed by atoms with Crippen molar-refractivity contribution in [2.24, 2.45) is 5.41 Å². The highest BCUT2D eigenvalue weighted by molar-refractivity contribution is 5.78. The first-order valence-corrected chi connectivity index (χ1v) is 6.53. The molecule has 0 bridgehead atoms. The minimum atomic E-state index is 0.152. The Morgan fingerprint density at radius 2 is 1.94 bits per heavy atom. The zero-order chi connectivity index (χ0) is 12.0. The van der Waals surface area contributed by atoms with E-state index in [1.165, 1.54) is 12.8 Å². The maximum atomic E-state index is 11.6. The standard InChI is InChI=1S/C13H26N2O/c1-4-13(2,3)10-14-9-12(16)15-11-7-5-6-8-11/h11,14H,4-10H2,1-3H3,(H,15,16). The molecular weight excluding hydrogens is 200 g/mol. The molecule has 0 aliphatic heterocycles. The van der Waals surface area contributed by atoms with E-state index >= 15 is 0 Å². The lowest BCUT2D eigenvalue weighted by Gasteiger charge is -2.23. The molecule has 1 aliphatic carbocycles. The van der Waals surface area contributed by atoms with E-state index in [0.717, 1.165) is 25.8 Å².